The summed E-state index contributed by atoms with van der Waals surface area (Å²) in [6.07, 6.45) is 17.8. The third-order valence-corrected chi connectivity index (χ3v) is 3.54. The molecule has 2 heterocycles. The molecule has 0 atom stereocenters. The van der Waals surface area contributed by atoms with Gasteiger partial charge in [-0.05, 0) is 18.7 Å². The van der Waals surface area contributed by atoms with Gasteiger partial charge in [0.15, 0.2) is 0 Å². The molecule has 2 aliphatic heterocycles. The molecule has 0 spiro atoms. The quantitative estimate of drug-likeness (QED) is 0.542. The molecule has 2 rings (SSSR count). The van der Waals surface area contributed by atoms with Crippen molar-refractivity contribution >= 4 is 11.8 Å². The number of imide groups is 1. The fourth-order valence-corrected chi connectivity index (χ4v) is 2.28. The number of allylic oxidation sites excluding steroid dienone is 2. The molecule has 0 unspecified atom stereocenters. The number of carbonyl (C=O) groups excluding carboxylic acids is 2. The fraction of sp³-hybridized carbons (Fsp3) is 0.667. The smallest absolute Gasteiger partial charge is 0.374 e. The van der Waals surface area contributed by atoms with Crippen molar-refractivity contribution < 1.29 is 22.8 Å². The topological polar surface area (TPSA) is 49.4 Å². The Labute approximate surface area is 148 Å². The van der Waals surface area contributed by atoms with E-state index in [-0.39, 0.29) is 11.8 Å². The number of hydrogen-bond donors (Lipinski definition) is 1. The minimum atomic E-state index is -3.67. The van der Waals surface area contributed by atoms with Crippen molar-refractivity contribution in [2.75, 3.05) is 13.1 Å². The van der Waals surface area contributed by atoms with E-state index in [9.17, 15) is 22.8 Å². The van der Waals surface area contributed by atoms with E-state index < -0.39 is 6.68 Å². The third kappa shape index (κ3) is 16.8. The highest BCUT2D eigenvalue weighted by atomic mass is 19.4. The summed E-state index contributed by atoms with van der Waals surface area (Å²) in [5, 5.41) is 2.14. The lowest BCUT2D eigenvalue weighted by Gasteiger charge is -2.20. The normalized spacial score (nSPS) is 15.5. The number of hydrogen-bond acceptors (Lipinski definition) is 3. The summed E-state index contributed by atoms with van der Waals surface area (Å²) >= 11 is 0. The molecule has 0 saturated carbocycles. The number of unbranched alkanes of at least 4 members (excludes halogenated alkanes) is 5. The predicted octanol–water partition coefficient (Wildman–Crippen LogP) is 4.33. The summed E-state index contributed by atoms with van der Waals surface area (Å²) in [6, 6.07) is 0. The number of nitrogens with zero attached hydrogens (tertiary/aromatic N) is 1. The minimum Gasteiger partial charge on any atom is -0.374 e. The Balaban J connectivity index is 0.000000433. The van der Waals surface area contributed by atoms with Gasteiger partial charge in [-0.2, -0.15) is 13.2 Å². The second-order valence-corrected chi connectivity index (χ2v) is 5.75. The number of rotatable bonds is 7. The average Bonchev–Trinajstić information content (AvgIpc) is 2.95. The van der Waals surface area contributed by atoms with Crippen molar-refractivity contribution in [1.29, 1.82) is 0 Å². The van der Waals surface area contributed by atoms with Gasteiger partial charge in [-0.15, -0.1) is 0 Å². The Morgan fingerprint density at radius 3 is 2.00 bits per heavy atom. The lowest BCUT2D eigenvalue weighted by Crippen LogP contribution is -2.19. The highest BCUT2D eigenvalue weighted by molar-refractivity contribution is 6.01. The fourth-order valence-electron chi connectivity index (χ4n) is 2.28. The molecule has 0 aromatic heterocycles. The van der Waals surface area contributed by atoms with E-state index >= 15 is 0 Å². The maximum Gasteiger partial charge on any atom is 0.379 e. The zero-order valence-corrected chi connectivity index (χ0v) is 14.9. The van der Waals surface area contributed by atoms with E-state index in [4.69, 9.17) is 0 Å². The van der Waals surface area contributed by atoms with Crippen LogP contribution in [0.4, 0.5) is 13.2 Å². The first-order valence-corrected chi connectivity index (χ1v) is 8.78. The zero-order valence-electron chi connectivity index (χ0n) is 14.9. The van der Waals surface area contributed by atoms with Gasteiger partial charge in [-0.25, -0.2) is 0 Å². The van der Waals surface area contributed by atoms with Crippen LogP contribution in [-0.2, 0) is 9.59 Å². The summed E-state index contributed by atoms with van der Waals surface area (Å²) in [6.45, 7) is 0.934. The molecule has 0 bridgehead atoms. The molecule has 2 aliphatic rings. The standard InChI is InChI=1S/C13H23N.C4H5NO2.CHF3/c1-2-3-4-5-6-8-11-14-12-9-7-10-13-14;6-3-1-2-4(7)5-3;2-1(3)4/h7,9-10,12H,2-6,8,11,13H2,1H3;1-2H2,(H,5,6,7);1H. The molecule has 144 valence electrons. The second-order valence-electron chi connectivity index (χ2n) is 5.75. The van der Waals surface area contributed by atoms with Crippen LogP contribution in [0.2, 0.25) is 0 Å². The third-order valence-electron chi connectivity index (χ3n) is 3.54. The molecule has 0 aliphatic carbocycles. The van der Waals surface area contributed by atoms with Crippen molar-refractivity contribution in [1.82, 2.24) is 10.2 Å². The second kappa shape index (κ2) is 15.7. The van der Waals surface area contributed by atoms with Gasteiger partial charge in [0.25, 0.3) is 0 Å². The van der Waals surface area contributed by atoms with Crippen LogP contribution in [0.25, 0.3) is 0 Å². The summed E-state index contributed by atoms with van der Waals surface area (Å²) in [5.74, 6) is -0.296. The Hall–Kier alpha value is -1.79. The Kier molecular flexibility index (Phi) is 14.6. The van der Waals surface area contributed by atoms with Crippen LogP contribution in [0.3, 0.4) is 0 Å². The first kappa shape index (κ1) is 23.2. The van der Waals surface area contributed by atoms with Gasteiger partial charge in [-0.1, -0.05) is 51.2 Å². The number of alkyl halides is 3. The van der Waals surface area contributed by atoms with Crippen molar-refractivity contribution in [2.45, 2.75) is 65.0 Å². The monoisotopic (exact) mass is 362 g/mol. The van der Waals surface area contributed by atoms with Crippen LogP contribution in [0, 0.1) is 0 Å². The first-order valence-electron chi connectivity index (χ1n) is 8.78. The summed E-state index contributed by atoms with van der Waals surface area (Å²) in [5.41, 5.74) is 0. The van der Waals surface area contributed by atoms with Crippen LogP contribution < -0.4 is 5.32 Å². The van der Waals surface area contributed by atoms with E-state index in [1.165, 1.54) is 45.1 Å². The predicted molar refractivity (Wildman–Crippen MR) is 92.7 cm³/mol. The first-order chi connectivity index (χ1) is 12.0. The number of amides is 2. The Morgan fingerprint density at radius 2 is 1.56 bits per heavy atom. The molecule has 1 fully saturated rings. The van der Waals surface area contributed by atoms with Crippen LogP contribution in [-0.4, -0.2) is 36.5 Å². The molecule has 25 heavy (non-hydrogen) atoms. The van der Waals surface area contributed by atoms with Gasteiger partial charge in [0.1, 0.15) is 0 Å². The molecule has 2 amide bonds. The molecule has 4 nitrogen and oxygen atoms in total. The number of nitrogens with one attached hydrogen (secondary N) is 1. The van der Waals surface area contributed by atoms with Crippen molar-refractivity contribution in [2.24, 2.45) is 0 Å². The highest BCUT2D eigenvalue weighted by Crippen LogP contribution is 2.07. The van der Waals surface area contributed by atoms with Gasteiger partial charge in [0, 0.05) is 25.9 Å². The van der Waals surface area contributed by atoms with Crippen LogP contribution >= 0.6 is 0 Å². The lowest BCUT2D eigenvalue weighted by molar-refractivity contribution is -0.124. The SMILES string of the molecule is CCCCCCCCN1C=CC=CC1.FC(F)F.O=C1CCC(=O)N1. The van der Waals surface area contributed by atoms with Crippen molar-refractivity contribution in [3.63, 3.8) is 0 Å². The maximum absolute atomic E-state index is 10.1. The van der Waals surface area contributed by atoms with E-state index in [1.807, 2.05) is 0 Å². The molecule has 0 aromatic carbocycles. The van der Waals surface area contributed by atoms with Crippen LogP contribution in [0.15, 0.2) is 24.4 Å². The summed E-state index contributed by atoms with van der Waals surface area (Å²) in [7, 11) is 0. The Bertz CT molecular complexity index is 410. The lowest BCUT2D eigenvalue weighted by atomic mass is 10.1. The average molecular weight is 362 g/mol. The Morgan fingerprint density at radius 1 is 1.00 bits per heavy atom. The molecule has 0 radical (unpaired) electrons. The van der Waals surface area contributed by atoms with Gasteiger partial charge in [-0.3, -0.25) is 14.9 Å². The van der Waals surface area contributed by atoms with E-state index in [1.54, 1.807) is 0 Å². The summed E-state index contributed by atoms with van der Waals surface area (Å²) in [4.78, 5) is 22.6. The molecule has 1 saturated heterocycles. The summed E-state index contributed by atoms with van der Waals surface area (Å²) < 4.78 is 29.0. The van der Waals surface area contributed by atoms with Crippen LogP contribution in [0.1, 0.15) is 58.3 Å². The van der Waals surface area contributed by atoms with E-state index in [2.05, 4.69) is 41.6 Å². The van der Waals surface area contributed by atoms with Crippen molar-refractivity contribution in [3.8, 4) is 0 Å². The highest BCUT2D eigenvalue weighted by Gasteiger charge is 2.15. The minimum absolute atomic E-state index is 0.148. The van der Waals surface area contributed by atoms with Gasteiger partial charge >= 0.3 is 6.68 Å². The van der Waals surface area contributed by atoms with E-state index in [0.29, 0.717) is 12.8 Å². The number of halogens is 3. The van der Waals surface area contributed by atoms with Gasteiger partial charge in [0.05, 0.1) is 0 Å². The molecule has 1 N–H and O–H groups in total. The largest absolute Gasteiger partial charge is 0.379 e. The molecule has 0 aromatic rings. The van der Waals surface area contributed by atoms with E-state index in [0.717, 1.165) is 6.54 Å². The van der Waals surface area contributed by atoms with Crippen molar-refractivity contribution in [3.05, 3.63) is 24.4 Å². The van der Waals surface area contributed by atoms with Gasteiger partial charge < -0.3 is 4.90 Å². The number of carbonyl (C=O) groups is 2. The maximum atomic E-state index is 10.1. The molecular weight excluding hydrogens is 333 g/mol. The molecular formula is C18H29F3N2O2. The molecule has 7 heteroatoms. The zero-order chi connectivity index (χ0) is 18.9. The van der Waals surface area contributed by atoms with Gasteiger partial charge in [0.2, 0.25) is 11.8 Å². The van der Waals surface area contributed by atoms with Crippen LogP contribution in [0.5, 0.6) is 0 Å².